The zero-order chi connectivity index (χ0) is 22.9. The highest BCUT2D eigenvalue weighted by atomic mass is 16.2. The summed E-state index contributed by atoms with van der Waals surface area (Å²) in [7, 11) is 0. The van der Waals surface area contributed by atoms with E-state index in [2.05, 4.69) is 34.6 Å². The van der Waals surface area contributed by atoms with Crippen LogP contribution < -0.4 is 15.6 Å². The molecule has 0 saturated heterocycles. The Bertz CT molecular complexity index is 1090. The van der Waals surface area contributed by atoms with Gasteiger partial charge in [-0.15, -0.1) is 0 Å². The van der Waals surface area contributed by atoms with Crippen molar-refractivity contribution in [3.63, 3.8) is 0 Å². The normalized spacial score (nSPS) is 10.7. The number of carbonyl (C=O) groups excluding carboxylic acids is 2. The second-order valence-electron chi connectivity index (χ2n) is 7.36. The van der Waals surface area contributed by atoms with Gasteiger partial charge < -0.3 is 10.2 Å². The van der Waals surface area contributed by atoms with Gasteiger partial charge in [-0.25, -0.2) is 5.43 Å². The van der Waals surface area contributed by atoms with Crippen molar-refractivity contribution in [2.75, 3.05) is 23.3 Å². The van der Waals surface area contributed by atoms with Gasteiger partial charge in [0.1, 0.15) is 0 Å². The smallest absolute Gasteiger partial charge is 0.271 e. The molecule has 2 N–H and O–H groups in total. The molecule has 164 valence electrons. The molecule has 6 heteroatoms. The maximum Gasteiger partial charge on any atom is 0.271 e. The van der Waals surface area contributed by atoms with Crippen LogP contribution >= 0.6 is 0 Å². The third kappa shape index (κ3) is 6.04. The van der Waals surface area contributed by atoms with Crippen molar-refractivity contribution in [3.8, 4) is 0 Å². The van der Waals surface area contributed by atoms with E-state index in [4.69, 9.17) is 0 Å². The van der Waals surface area contributed by atoms with E-state index < -0.39 is 0 Å². The van der Waals surface area contributed by atoms with Crippen LogP contribution in [0.4, 0.5) is 11.4 Å². The topological polar surface area (TPSA) is 73.8 Å². The number of rotatable bonds is 8. The van der Waals surface area contributed by atoms with Crippen molar-refractivity contribution in [2.24, 2.45) is 5.10 Å². The quantitative estimate of drug-likeness (QED) is 0.398. The number of hydrogen-bond acceptors (Lipinski definition) is 4. The minimum atomic E-state index is -0.354. The molecule has 0 radical (unpaired) electrons. The summed E-state index contributed by atoms with van der Waals surface area (Å²) in [6.07, 6.45) is 1.60. The SMILES string of the molecule is CCN(CC)c1ccc(/C=N/NC(=O)c2cccc(NC(=O)c3ccc(C)cc3)c2)cc1. The summed E-state index contributed by atoms with van der Waals surface area (Å²) in [5.41, 5.74) is 7.16. The molecule has 0 unspecified atom stereocenters. The highest BCUT2D eigenvalue weighted by Gasteiger charge is 2.09. The lowest BCUT2D eigenvalue weighted by Crippen LogP contribution is -2.21. The number of hydrogen-bond donors (Lipinski definition) is 2. The minimum absolute atomic E-state index is 0.228. The first-order chi connectivity index (χ1) is 15.5. The summed E-state index contributed by atoms with van der Waals surface area (Å²) in [5.74, 6) is -0.582. The second kappa shape index (κ2) is 10.9. The van der Waals surface area contributed by atoms with Crippen LogP contribution in [0.25, 0.3) is 0 Å². The summed E-state index contributed by atoms with van der Waals surface area (Å²) in [4.78, 5) is 27.1. The Morgan fingerprint density at radius 3 is 2.22 bits per heavy atom. The molecule has 0 spiro atoms. The molecule has 0 bridgehead atoms. The number of benzene rings is 3. The number of carbonyl (C=O) groups is 2. The molecule has 0 aliphatic carbocycles. The Balaban J connectivity index is 1.59. The van der Waals surface area contributed by atoms with Gasteiger partial charge in [0.15, 0.2) is 0 Å². The van der Waals surface area contributed by atoms with Gasteiger partial charge in [0, 0.05) is 35.6 Å². The molecule has 3 aromatic rings. The fraction of sp³-hybridized carbons (Fsp3) is 0.192. The number of amides is 2. The van der Waals surface area contributed by atoms with E-state index in [1.54, 1.807) is 42.6 Å². The molecule has 0 heterocycles. The maximum absolute atomic E-state index is 12.5. The fourth-order valence-corrected chi connectivity index (χ4v) is 3.24. The fourth-order valence-electron chi connectivity index (χ4n) is 3.24. The predicted octanol–water partition coefficient (Wildman–Crippen LogP) is 4.86. The monoisotopic (exact) mass is 428 g/mol. The van der Waals surface area contributed by atoms with Gasteiger partial charge in [0.2, 0.25) is 0 Å². The van der Waals surface area contributed by atoms with Crippen molar-refractivity contribution >= 4 is 29.4 Å². The van der Waals surface area contributed by atoms with E-state index in [9.17, 15) is 9.59 Å². The molecule has 0 aromatic heterocycles. The highest BCUT2D eigenvalue weighted by Crippen LogP contribution is 2.15. The average Bonchev–Trinajstić information content (AvgIpc) is 2.81. The summed E-state index contributed by atoms with van der Waals surface area (Å²) in [5, 5.41) is 6.87. The van der Waals surface area contributed by atoms with Crippen molar-refractivity contribution in [1.82, 2.24) is 5.43 Å². The van der Waals surface area contributed by atoms with Gasteiger partial charge >= 0.3 is 0 Å². The first-order valence-corrected chi connectivity index (χ1v) is 10.7. The number of nitrogens with one attached hydrogen (secondary N) is 2. The van der Waals surface area contributed by atoms with Crippen LogP contribution in [0.1, 0.15) is 45.7 Å². The molecule has 0 saturated carbocycles. The number of hydrazone groups is 1. The summed E-state index contributed by atoms with van der Waals surface area (Å²) < 4.78 is 0. The van der Waals surface area contributed by atoms with E-state index in [0.717, 1.165) is 29.9 Å². The number of nitrogens with zero attached hydrogens (tertiary/aromatic N) is 2. The van der Waals surface area contributed by atoms with Gasteiger partial charge in [-0.05, 0) is 68.8 Å². The lowest BCUT2D eigenvalue weighted by Gasteiger charge is -2.20. The Kier molecular flexibility index (Phi) is 7.75. The van der Waals surface area contributed by atoms with Gasteiger partial charge in [0.05, 0.1) is 6.21 Å². The van der Waals surface area contributed by atoms with E-state index in [1.165, 1.54) is 0 Å². The minimum Gasteiger partial charge on any atom is -0.372 e. The first-order valence-electron chi connectivity index (χ1n) is 10.7. The molecule has 3 rings (SSSR count). The standard InChI is InChI=1S/C26H28N4O2/c1-4-30(5-2)24-15-11-20(12-16-24)18-27-29-26(32)22-7-6-8-23(17-22)28-25(31)21-13-9-19(3)10-14-21/h6-18H,4-5H2,1-3H3,(H,28,31)(H,29,32)/b27-18+. The third-order valence-corrected chi connectivity index (χ3v) is 5.10. The molecule has 2 amide bonds. The lowest BCUT2D eigenvalue weighted by molar-refractivity contribution is 0.0953. The average molecular weight is 429 g/mol. The van der Waals surface area contributed by atoms with Gasteiger partial charge in [-0.3, -0.25) is 9.59 Å². The highest BCUT2D eigenvalue weighted by molar-refractivity contribution is 6.05. The number of aryl methyl sites for hydroxylation is 1. The lowest BCUT2D eigenvalue weighted by atomic mass is 10.1. The van der Waals surface area contributed by atoms with Gasteiger partial charge in [-0.2, -0.15) is 5.10 Å². The largest absolute Gasteiger partial charge is 0.372 e. The zero-order valence-electron chi connectivity index (χ0n) is 18.6. The Morgan fingerprint density at radius 2 is 1.56 bits per heavy atom. The van der Waals surface area contributed by atoms with E-state index in [1.807, 2.05) is 43.3 Å². The molecule has 6 nitrogen and oxygen atoms in total. The van der Waals surface area contributed by atoms with Crippen LogP contribution in [0.15, 0.2) is 77.9 Å². The molecule has 0 atom stereocenters. The summed E-state index contributed by atoms with van der Waals surface area (Å²) in [6, 6.07) is 22.1. The van der Waals surface area contributed by atoms with Crippen LogP contribution in [-0.2, 0) is 0 Å². The number of anilines is 2. The predicted molar refractivity (Wildman–Crippen MR) is 131 cm³/mol. The van der Waals surface area contributed by atoms with Crippen LogP contribution in [0, 0.1) is 6.92 Å². The van der Waals surface area contributed by atoms with Gasteiger partial charge in [0.25, 0.3) is 11.8 Å². The van der Waals surface area contributed by atoms with E-state index in [-0.39, 0.29) is 11.8 Å². The summed E-state index contributed by atoms with van der Waals surface area (Å²) in [6.45, 7) is 8.11. The Morgan fingerprint density at radius 1 is 0.875 bits per heavy atom. The molecule has 32 heavy (non-hydrogen) atoms. The van der Waals surface area contributed by atoms with Crippen LogP contribution in [-0.4, -0.2) is 31.1 Å². The molecule has 3 aromatic carbocycles. The van der Waals surface area contributed by atoms with Crippen LogP contribution in [0.2, 0.25) is 0 Å². The van der Waals surface area contributed by atoms with Crippen LogP contribution in [0.5, 0.6) is 0 Å². The second-order valence-corrected chi connectivity index (χ2v) is 7.36. The first kappa shape index (κ1) is 22.7. The maximum atomic E-state index is 12.5. The molecule has 0 aliphatic rings. The van der Waals surface area contributed by atoms with Crippen molar-refractivity contribution in [3.05, 3.63) is 95.1 Å². The zero-order valence-corrected chi connectivity index (χ0v) is 18.6. The van der Waals surface area contributed by atoms with Crippen molar-refractivity contribution in [2.45, 2.75) is 20.8 Å². The molecule has 0 fully saturated rings. The Labute approximate surface area is 189 Å². The summed E-state index contributed by atoms with van der Waals surface area (Å²) >= 11 is 0. The van der Waals surface area contributed by atoms with E-state index in [0.29, 0.717) is 16.8 Å². The molecular formula is C26H28N4O2. The van der Waals surface area contributed by atoms with Crippen molar-refractivity contribution < 1.29 is 9.59 Å². The Hall–Kier alpha value is -3.93. The molecular weight excluding hydrogens is 400 g/mol. The third-order valence-electron chi connectivity index (χ3n) is 5.10. The van der Waals surface area contributed by atoms with Crippen molar-refractivity contribution in [1.29, 1.82) is 0 Å². The van der Waals surface area contributed by atoms with Gasteiger partial charge in [-0.1, -0.05) is 35.9 Å². The molecule has 0 aliphatic heterocycles. The van der Waals surface area contributed by atoms with Crippen LogP contribution in [0.3, 0.4) is 0 Å². The van der Waals surface area contributed by atoms with E-state index >= 15 is 0 Å².